The van der Waals surface area contributed by atoms with Crippen LogP contribution in [0, 0.1) is 0 Å². The van der Waals surface area contributed by atoms with Crippen LogP contribution in [0.3, 0.4) is 0 Å². The molecule has 0 saturated heterocycles. The van der Waals surface area contributed by atoms with Gasteiger partial charge in [0.1, 0.15) is 11.8 Å². The Kier molecular flexibility index (Phi) is 4.34. The summed E-state index contributed by atoms with van der Waals surface area (Å²) in [5.41, 5.74) is 2.86. The predicted octanol–water partition coefficient (Wildman–Crippen LogP) is 2.48. The molecule has 0 atom stereocenters. The highest BCUT2D eigenvalue weighted by atomic mass is 35.5. The number of nitrogens with zero attached hydrogens (tertiary/aromatic N) is 3. The molecule has 0 bridgehead atoms. The van der Waals surface area contributed by atoms with E-state index in [1.54, 1.807) is 6.33 Å². The molecule has 0 aliphatic heterocycles. The Bertz CT molecular complexity index is 772. The number of aromatic amines is 1. The van der Waals surface area contributed by atoms with Crippen molar-refractivity contribution in [3.8, 4) is 0 Å². The van der Waals surface area contributed by atoms with Gasteiger partial charge in [0.05, 0.1) is 6.33 Å². The minimum atomic E-state index is -0.111. The largest absolute Gasteiger partial charge is 0.340 e. The van der Waals surface area contributed by atoms with Crippen LogP contribution in [0.2, 0.25) is 0 Å². The quantitative estimate of drug-likeness (QED) is 0.691. The van der Waals surface area contributed by atoms with Gasteiger partial charge in [-0.3, -0.25) is 4.79 Å². The Balaban J connectivity index is 0.00000161. The first-order valence-electron chi connectivity index (χ1n) is 6.01. The number of carbonyl (C=O) groups is 1. The minimum Gasteiger partial charge on any atom is -0.340 e. The molecule has 108 valence electrons. The molecule has 0 spiro atoms. The molecule has 3 rings (SSSR count). The summed E-state index contributed by atoms with van der Waals surface area (Å²) in [6.07, 6.45) is 3.02. The summed E-state index contributed by atoms with van der Waals surface area (Å²) in [7, 11) is 0. The number of fused-ring (bicyclic) bond motifs is 1. The van der Waals surface area contributed by atoms with Crippen molar-refractivity contribution in [2.75, 3.05) is 10.6 Å². The van der Waals surface area contributed by atoms with Gasteiger partial charge in [-0.2, -0.15) is 0 Å². The van der Waals surface area contributed by atoms with Crippen molar-refractivity contribution < 1.29 is 4.79 Å². The second-order valence-corrected chi connectivity index (χ2v) is 4.21. The first-order valence-corrected chi connectivity index (χ1v) is 6.01. The van der Waals surface area contributed by atoms with Gasteiger partial charge < -0.3 is 15.6 Å². The summed E-state index contributed by atoms with van der Waals surface area (Å²) in [5, 5.41) is 5.90. The zero-order valence-electron chi connectivity index (χ0n) is 11.1. The molecule has 8 heteroatoms. The molecule has 21 heavy (non-hydrogen) atoms. The molecule has 0 aliphatic carbocycles. The molecule has 0 radical (unpaired) electrons. The zero-order chi connectivity index (χ0) is 13.9. The molecule has 2 aromatic heterocycles. The van der Waals surface area contributed by atoms with Crippen molar-refractivity contribution in [3.63, 3.8) is 0 Å². The number of amides is 1. The highest BCUT2D eigenvalue weighted by Crippen LogP contribution is 2.22. The molecule has 1 amide bonds. The number of hydrogen-bond donors (Lipinski definition) is 3. The smallest absolute Gasteiger partial charge is 0.221 e. The van der Waals surface area contributed by atoms with Crippen LogP contribution in [0.1, 0.15) is 6.92 Å². The molecule has 0 saturated carbocycles. The van der Waals surface area contributed by atoms with Gasteiger partial charge in [0, 0.05) is 18.3 Å². The summed E-state index contributed by atoms with van der Waals surface area (Å²) >= 11 is 0. The number of halogens is 1. The predicted molar refractivity (Wildman–Crippen MR) is 83.0 cm³/mol. The summed E-state index contributed by atoms with van der Waals surface area (Å²) < 4.78 is 0. The van der Waals surface area contributed by atoms with E-state index in [0.29, 0.717) is 11.5 Å². The molecule has 1 aromatic carbocycles. The van der Waals surface area contributed by atoms with Crippen molar-refractivity contribution >= 4 is 46.7 Å². The number of hydrogen-bond acceptors (Lipinski definition) is 5. The SMILES string of the molecule is CC(=O)Nc1cccc(Nc2ncnc3nc[nH]c23)c1.Cl. The van der Waals surface area contributed by atoms with Crippen LogP contribution >= 0.6 is 12.4 Å². The summed E-state index contributed by atoms with van der Waals surface area (Å²) in [4.78, 5) is 26.4. The Morgan fingerprint density at radius 2 is 2.00 bits per heavy atom. The van der Waals surface area contributed by atoms with E-state index in [1.165, 1.54) is 13.3 Å². The lowest BCUT2D eigenvalue weighted by molar-refractivity contribution is -0.114. The Morgan fingerprint density at radius 3 is 2.81 bits per heavy atom. The molecule has 3 N–H and O–H groups in total. The number of nitrogens with one attached hydrogen (secondary N) is 3. The maximum atomic E-state index is 11.1. The monoisotopic (exact) mass is 304 g/mol. The summed E-state index contributed by atoms with van der Waals surface area (Å²) in [6.45, 7) is 1.47. The van der Waals surface area contributed by atoms with Gasteiger partial charge in [-0.1, -0.05) is 6.07 Å². The summed E-state index contributed by atoms with van der Waals surface area (Å²) in [5.74, 6) is 0.521. The van der Waals surface area contributed by atoms with Gasteiger partial charge in [0.25, 0.3) is 0 Å². The van der Waals surface area contributed by atoms with E-state index in [-0.39, 0.29) is 18.3 Å². The first kappa shape index (κ1) is 14.7. The fourth-order valence-electron chi connectivity index (χ4n) is 1.87. The number of H-pyrrole nitrogens is 1. The Labute approximate surface area is 126 Å². The molecule has 3 aromatic rings. The van der Waals surface area contributed by atoms with Crippen LogP contribution in [-0.2, 0) is 4.79 Å². The number of aromatic nitrogens is 4. The van der Waals surface area contributed by atoms with Crippen LogP contribution in [0.4, 0.5) is 17.2 Å². The van der Waals surface area contributed by atoms with Crippen LogP contribution in [0.5, 0.6) is 0 Å². The van der Waals surface area contributed by atoms with E-state index >= 15 is 0 Å². The standard InChI is InChI=1S/C13H12N6O.ClH/c1-8(20)18-9-3-2-4-10(5-9)19-13-11-12(15-6-14-11)16-7-17-13;/h2-7H,1H3,(H,18,20)(H2,14,15,16,17,19);1H. The molecule has 0 fully saturated rings. The maximum absolute atomic E-state index is 11.1. The first-order chi connectivity index (χ1) is 9.72. The van der Waals surface area contributed by atoms with E-state index in [9.17, 15) is 4.79 Å². The van der Waals surface area contributed by atoms with E-state index in [0.717, 1.165) is 16.9 Å². The Hall–Kier alpha value is -2.67. The molecular weight excluding hydrogens is 292 g/mol. The van der Waals surface area contributed by atoms with E-state index in [4.69, 9.17) is 0 Å². The fourth-order valence-corrected chi connectivity index (χ4v) is 1.87. The molecule has 2 heterocycles. The van der Waals surface area contributed by atoms with Crippen molar-refractivity contribution in [1.29, 1.82) is 0 Å². The number of carbonyl (C=O) groups excluding carboxylic acids is 1. The average Bonchev–Trinajstić information content (AvgIpc) is 2.88. The topological polar surface area (TPSA) is 95.6 Å². The van der Waals surface area contributed by atoms with E-state index in [1.807, 2.05) is 24.3 Å². The van der Waals surface area contributed by atoms with Gasteiger partial charge in [-0.25, -0.2) is 15.0 Å². The Morgan fingerprint density at radius 1 is 1.19 bits per heavy atom. The number of anilines is 3. The fraction of sp³-hybridized carbons (Fsp3) is 0.0769. The maximum Gasteiger partial charge on any atom is 0.221 e. The van der Waals surface area contributed by atoms with Gasteiger partial charge in [0.2, 0.25) is 5.91 Å². The molecule has 0 aliphatic rings. The number of benzene rings is 1. The average molecular weight is 305 g/mol. The van der Waals surface area contributed by atoms with Crippen molar-refractivity contribution in [2.45, 2.75) is 6.92 Å². The zero-order valence-corrected chi connectivity index (χ0v) is 11.9. The van der Waals surface area contributed by atoms with E-state index < -0.39 is 0 Å². The number of imidazole rings is 1. The van der Waals surface area contributed by atoms with Gasteiger partial charge >= 0.3 is 0 Å². The lowest BCUT2D eigenvalue weighted by Crippen LogP contribution is -2.05. The highest BCUT2D eigenvalue weighted by Gasteiger charge is 2.06. The molecule has 7 nitrogen and oxygen atoms in total. The number of rotatable bonds is 3. The van der Waals surface area contributed by atoms with E-state index in [2.05, 4.69) is 30.6 Å². The minimum absolute atomic E-state index is 0. The van der Waals surface area contributed by atoms with Gasteiger partial charge in [-0.15, -0.1) is 12.4 Å². The molecule has 0 unspecified atom stereocenters. The molecular formula is C13H13ClN6O. The second-order valence-electron chi connectivity index (χ2n) is 4.21. The lowest BCUT2D eigenvalue weighted by atomic mass is 10.2. The van der Waals surface area contributed by atoms with Crippen LogP contribution in [0.15, 0.2) is 36.9 Å². The third kappa shape index (κ3) is 3.26. The van der Waals surface area contributed by atoms with Crippen molar-refractivity contribution in [1.82, 2.24) is 19.9 Å². The van der Waals surface area contributed by atoms with Crippen molar-refractivity contribution in [3.05, 3.63) is 36.9 Å². The van der Waals surface area contributed by atoms with Gasteiger partial charge in [0.15, 0.2) is 11.5 Å². The normalized spacial score (nSPS) is 9.95. The van der Waals surface area contributed by atoms with Crippen LogP contribution in [-0.4, -0.2) is 25.8 Å². The summed E-state index contributed by atoms with van der Waals surface area (Å²) in [6, 6.07) is 7.37. The highest BCUT2D eigenvalue weighted by molar-refractivity contribution is 5.90. The van der Waals surface area contributed by atoms with Crippen molar-refractivity contribution in [2.24, 2.45) is 0 Å². The lowest BCUT2D eigenvalue weighted by Gasteiger charge is -2.08. The second kappa shape index (κ2) is 6.19. The van der Waals surface area contributed by atoms with Crippen LogP contribution in [0.25, 0.3) is 11.2 Å². The third-order valence-electron chi connectivity index (χ3n) is 2.67. The third-order valence-corrected chi connectivity index (χ3v) is 2.67. The van der Waals surface area contributed by atoms with Gasteiger partial charge in [-0.05, 0) is 18.2 Å². The van der Waals surface area contributed by atoms with Crippen LogP contribution < -0.4 is 10.6 Å².